The zero-order valence-corrected chi connectivity index (χ0v) is 20.1. The van der Waals surface area contributed by atoms with Gasteiger partial charge in [-0.15, -0.1) is 0 Å². The van der Waals surface area contributed by atoms with Crippen LogP contribution < -0.4 is 4.74 Å². The summed E-state index contributed by atoms with van der Waals surface area (Å²) in [6.45, 7) is 6.65. The van der Waals surface area contributed by atoms with Gasteiger partial charge in [-0.3, -0.25) is 0 Å². The standard InChI is InChI=1S/C28H35NO3/c1-28(2,3)32-27(30)23-11-7-9-20(16-23)15-21-13-14-24(19-29(4)5)26(17-21)22-10-8-12-25(18-22)31-6/h7-12,15-18,24H,13-14,19H2,1-6H3/b21-15+. The zero-order valence-electron chi connectivity index (χ0n) is 20.1. The van der Waals surface area contributed by atoms with E-state index in [-0.39, 0.29) is 5.97 Å². The number of hydrogen-bond donors (Lipinski definition) is 0. The monoisotopic (exact) mass is 433 g/mol. The van der Waals surface area contributed by atoms with Crippen LogP contribution in [0.5, 0.6) is 5.75 Å². The third-order valence-electron chi connectivity index (χ3n) is 5.42. The Kier molecular flexibility index (Phi) is 7.57. The molecule has 170 valence electrons. The Labute approximate surface area is 192 Å². The van der Waals surface area contributed by atoms with Crippen molar-refractivity contribution in [1.29, 1.82) is 0 Å². The molecule has 1 unspecified atom stereocenters. The molecule has 0 radical (unpaired) electrons. The average molecular weight is 434 g/mol. The number of rotatable bonds is 6. The van der Waals surface area contributed by atoms with Crippen molar-refractivity contribution in [3.63, 3.8) is 0 Å². The molecule has 2 aromatic rings. The lowest BCUT2D eigenvalue weighted by Gasteiger charge is -2.29. The molecule has 1 aliphatic rings. The van der Waals surface area contributed by atoms with Crippen LogP contribution in [0.4, 0.5) is 0 Å². The molecule has 3 rings (SSSR count). The molecule has 1 atom stereocenters. The quantitative estimate of drug-likeness (QED) is 0.517. The van der Waals surface area contributed by atoms with E-state index in [1.54, 1.807) is 7.11 Å². The fourth-order valence-electron chi connectivity index (χ4n) is 4.06. The number of nitrogens with zero attached hydrogens (tertiary/aromatic N) is 1. The SMILES string of the molecule is COc1cccc(C2=C/C(=C/c3cccc(C(=O)OC(C)(C)C)c3)CCC2CN(C)C)c1. The Bertz CT molecular complexity index is 1010. The van der Waals surface area contributed by atoms with E-state index >= 15 is 0 Å². The molecule has 0 fully saturated rings. The molecule has 0 spiro atoms. The fraction of sp³-hybridized carbons (Fsp3) is 0.393. The Morgan fingerprint density at radius 1 is 1.12 bits per heavy atom. The number of benzene rings is 2. The van der Waals surface area contributed by atoms with E-state index in [9.17, 15) is 4.79 Å². The Morgan fingerprint density at radius 2 is 1.88 bits per heavy atom. The molecule has 0 N–H and O–H groups in total. The third kappa shape index (κ3) is 6.57. The number of hydrogen-bond acceptors (Lipinski definition) is 4. The second-order valence-electron chi connectivity index (χ2n) is 9.68. The number of ether oxygens (including phenoxy) is 2. The van der Waals surface area contributed by atoms with Gasteiger partial charge in [0.15, 0.2) is 0 Å². The summed E-state index contributed by atoms with van der Waals surface area (Å²) in [5.41, 5.74) is 4.87. The van der Waals surface area contributed by atoms with Crippen molar-refractivity contribution in [2.75, 3.05) is 27.7 Å². The van der Waals surface area contributed by atoms with Crippen LogP contribution in [-0.2, 0) is 4.74 Å². The van der Waals surface area contributed by atoms with Crippen molar-refractivity contribution >= 4 is 17.6 Å². The van der Waals surface area contributed by atoms with Gasteiger partial charge in [0.05, 0.1) is 12.7 Å². The molecule has 2 aromatic carbocycles. The molecule has 0 saturated heterocycles. The number of esters is 1. The predicted octanol–water partition coefficient (Wildman–Crippen LogP) is 6.09. The van der Waals surface area contributed by atoms with E-state index in [0.29, 0.717) is 11.5 Å². The first kappa shape index (κ1) is 23.8. The highest BCUT2D eigenvalue weighted by atomic mass is 16.6. The Hall–Kier alpha value is -2.85. The van der Waals surface area contributed by atoms with Crippen molar-refractivity contribution < 1.29 is 14.3 Å². The van der Waals surface area contributed by atoms with Crippen molar-refractivity contribution in [1.82, 2.24) is 4.90 Å². The third-order valence-corrected chi connectivity index (χ3v) is 5.42. The Morgan fingerprint density at radius 3 is 2.56 bits per heavy atom. The van der Waals surface area contributed by atoms with E-state index in [1.807, 2.05) is 57.2 Å². The van der Waals surface area contributed by atoms with Crippen LogP contribution in [-0.4, -0.2) is 44.2 Å². The minimum atomic E-state index is -0.509. The molecule has 0 bridgehead atoms. The van der Waals surface area contributed by atoms with Crippen LogP contribution in [0, 0.1) is 5.92 Å². The molecule has 1 aliphatic carbocycles. The number of carbonyl (C=O) groups excluding carboxylic acids is 1. The van der Waals surface area contributed by atoms with Gasteiger partial charge < -0.3 is 14.4 Å². The van der Waals surface area contributed by atoms with E-state index in [1.165, 1.54) is 16.7 Å². The topological polar surface area (TPSA) is 38.8 Å². The van der Waals surface area contributed by atoms with Crippen molar-refractivity contribution in [2.45, 2.75) is 39.2 Å². The summed E-state index contributed by atoms with van der Waals surface area (Å²) < 4.78 is 11.0. The number of methoxy groups -OCH3 is 1. The minimum Gasteiger partial charge on any atom is -0.497 e. The summed E-state index contributed by atoms with van der Waals surface area (Å²) >= 11 is 0. The molecule has 0 aliphatic heterocycles. The van der Waals surface area contributed by atoms with Crippen molar-refractivity contribution in [2.24, 2.45) is 5.92 Å². The normalized spacial score (nSPS) is 17.9. The van der Waals surface area contributed by atoms with Crippen LogP contribution in [0.2, 0.25) is 0 Å². The number of allylic oxidation sites excluding steroid dienone is 2. The highest BCUT2D eigenvalue weighted by molar-refractivity contribution is 5.90. The van der Waals surface area contributed by atoms with Gasteiger partial charge >= 0.3 is 5.97 Å². The van der Waals surface area contributed by atoms with Crippen LogP contribution in [0.3, 0.4) is 0 Å². The van der Waals surface area contributed by atoms with Gasteiger partial charge in [0, 0.05) is 6.54 Å². The highest BCUT2D eigenvalue weighted by Gasteiger charge is 2.22. The summed E-state index contributed by atoms with van der Waals surface area (Å²) in [6.07, 6.45) is 6.58. The van der Waals surface area contributed by atoms with Gasteiger partial charge in [0.25, 0.3) is 0 Å². The van der Waals surface area contributed by atoms with Gasteiger partial charge in [0.2, 0.25) is 0 Å². The van der Waals surface area contributed by atoms with E-state index in [4.69, 9.17) is 9.47 Å². The second kappa shape index (κ2) is 10.2. The summed E-state index contributed by atoms with van der Waals surface area (Å²) in [5.74, 6) is 1.04. The smallest absolute Gasteiger partial charge is 0.338 e. The summed E-state index contributed by atoms with van der Waals surface area (Å²) in [5, 5.41) is 0. The molecule has 0 aromatic heterocycles. The first-order valence-electron chi connectivity index (χ1n) is 11.2. The predicted molar refractivity (Wildman–Crippen MR) is 132 cm³/mol. The van der Waals surface area contributed by atoms with Crippen LogP contribution >= 0.6 is 0 Å². The van der Waals surface area contributed by atoms with Crippen molar-refractivity contribution in [3.05, 3.63) is 76.9 Å². The minimum absolute atomic E-state index is 0.292. The first-order chi connectivity index (χ1) is 15.1. The molecule has 0 heterocycles. The largest absolute Gasteiger partial charge is 0.497 e. The van der Waals surface area contributed by atoms with Crippen LogP contribution in [0.15, 0.2) is 60.2 Å². The molecule has 0 amide bonds. The second-order valence-corrected chi connectivity index (χ2v) is 9.68. The van der Waals surface area contributed by atoms with Crippen molar-refractivity contribution in [3.8, 4) is 5.75 Å². The molecular weight excluding hydrogens is 398 g/mol. The molecule has 0 saturated carbocycles. The van der Waals surface area contributed by atoms with Gasteiger partial charge in [-0.05, 0) is 100 Å². The Balaban J connectivity index is 1.93. The van der Waals surface area contributed by atoms with Gasteiger partial charge in [0.1, 0.15) is 11.4 Å². The molecular formula is C28H35NO3. The summed E-state index contributed by atoms with van der Waals surface area (Å²) in [7, 11) is 5.95. The van der Waals surface area contributed by atoms with Gasteiger partial charge in [-0.2, -0.15) is 0 Å². The lowest BCUT2D eigenvalue weighted by molar-refractivity contribution is 0.00695. The lowest BCUT2D eigenvalue weighted by Crippen LogP contribution is -2.24. The summed E-state index contributed by atoms with van der Waals surface area (Å²) in [4.78, 5) is 14.7. The molecule has 4 nitrogen and oxygen atoms in total. The first-order valence-corrected chi connectivity index (χ1v) is 11.2. The number of carbonyl (C=O) groups is 1. The molecule has 32 heavy (non-hydrogen) atoms. The van der Waals surface area contributed by atoms with E-state index in [2.05, 4.69) is 43.3 Å². The van der Waals surface area contributed by atoms with Gasteiger partial charge in [-0.1, -0.05) is 36.4 Å². The zero-order chi connectivity index (χ0) is 23.3. The van der Waals surface area contributed by atoms with Crippen LogP contribution in [0.1, 0.15) is 55.1 Å². The van der Waals surface area contributed by atoms with Gasteiger partial charge in [-0.25, -0.2) is 4.79 Å². The lowest BCUT2D eigenvalue weighted by atomic mass is 9.81. The maximum Gasteiger partial charge on any atom is 0.338 e. The maximum absolute atomic E-state index is 12.5. The maximum atomic E-state index is 12.5. The highest BCUT2D eigenvalue weighted by Crippen LogP contribution is 2.37. The average Bonchev–Trinajstić information content (AvgIpc) is 2.73. The van der Waals surface area contributed by atoms with E-state index < -0.39 is 5.60 Å². The van der Waals surface area contributed by atoms with Crippen LogP contribution in [0.25, 0.3) is 11.6 Å². The van der Waals surface area contributed by atoms with E-state index in [0.717, 1.165) is 30.7 Å². The fourth-order valence-corrected chi connectivity index (χ4v) is 4.06. The summed E-state index contributed by atoms with van der Waals surface area (Å²) in [6, 6.07) is 16.0. The molecule has 4 heteroatoms.